The highest BCUT2D eigenvalue weighted by molar-refractivity contribution is 7.98. The van der Waals surface area contributed by atoms with Gasteiger partial charge in [0.25, 0.3) is 5.91 Å². The third-order valence-electron chi connectivity index (χ3n) is 7.35. The van der Waals surface area contributed by atoms with Crippen molar-refractivity contribution in [2.75, 3.05) is 23.7 Å². The molecule has 1 fully saturated rings. The Morgan fingerprint density at radius 2 is 1.57 bits per heavy atom. The molecule has 7 nitrogen and oxygen atoms in total. The first-order chi connectivity index (χ1) is 20.4. The predicted octanol–water partition coefficient (Wildman–Crippen LogP) is 6.37. The van der Waals surface area contributed by atoms with Gasteiger partial charge in [-0.15, -0.1) is 0 Å². The van der Waals surface area contributed by atoms with Gasteiger partial charge >= 0.3 is 5.97 Å². The number of carboxylic acids is 1. The summed E-state index contributed by atoms with van der Waals surface area (Å²) in [5, 5.41) is 13.1. The Bertz CT molecular complexity index is 1480. The second-order valence-electron chi connectivity index (χ2n) is 10.4. The summed E-state index contributed by atoms with van der Waals surface area (Å²) in [4.78, 5) is 37.0. The van der Waals surface area contributed by atoms with Crippen LogP contribution in [-0.2, 0) is 17.0 Å². The molecular formula is C33H33ClN4O3S. The van der Waals surface area contributed by atoms with E-state index in [0.717, 1.165) is 43.5 Å². The molecule has 1 atom stereocenters. The second kappa shape index (κ2) is 14.3. The molecule has 1 aromatic heterocycles. The van der Waals surface area contributed by atoms with Crippen LogP contribution in [0.1, 0.15) is 34.5 Å². The van der Waals surface area contributed by atoms with Gasteiger partial charge in [-0.25, -0.2) is 14.8 Å². The van der Waals surface area contributed by atoms with Crippen LogP contribution in [0.5, 0.6) is 0 Å². The van der Waals surface area contributed by atoms with Crippen molar-refractivity contribution in [1.29, 1.82) is 0 Å². The second-order valence-corrected chi connectivity index (χ2v) is 11.9. The summed E-state index contributed by atoms with van der Waals surface area (Å²) in [6.07, 6.45) is 3.06. The van der Waals surface area contributed by atoms with Crippen molar-refractivity contribution in [1.82, 2.24) is 15.3 Å². The number of piperidine rings is 1. The molecule has 0 radical (unpaired) electrons. The fraction of sp³-hybridized carbons (Fsp3) is 0.273. The normalized spacial score (nSPS) is 14.4. The van der Waals surface area contributed by atoms with Crippen molar-refractivity contribution in [2.45, 2.75) is 31.1 Å². The van der Waals surface area contributed by atoms with Gasteiger partial charge in [-0.1, -0.05) is 72.3 Å². The topological polar surface area (TPSA) is 95.4 Å². The molecular weight excluding hydrogens is 568 g/mol. The molecule has 9 heteroatoms. The molecule has 2 heterocycles. The lowest BCUT2D eigenvalue weighted by atomic mass is 9.90. The van der Waals surface area contributed by atoms with Crippen LogP contribution in [0.2, 0.25) is 5.02 Å². The zero-order chi connectivity index (χ0) is 29.3. The average molecular weight is 601 g/mol. The molecule has 4 aromatic rings. The summed E-state index contributed by atoms with van der Waals surface area (Å²) in [7, 11) is 0. The lowest BCUT2D eigenvalue weighted by molar-refractivity contribution is -0.138. The highest BCUT2D eigenvalue weighted by atomic mass is 35.5. The van der Waals surface area contributed by atoms with Crippen LogP contribution in [0.25, 0.3) is 11.4 Å². The molecule has 2 N–H and O–H groups in total. The minimum atomic E-state index is -1.09. The Hall–Kier alpha value is -3.88. The van der Waals surface area contributed by atoms with E-state index < -0.39 is 17.9 Å². The third-order valence-corrected chi connectivity index (χ3v) is 8.71. The van der Waals surface area contributed by atoms with Crippen molar-refractivity contribution in [3.63, 3.8) is 0 Å². The fourth-order valence-corrected chi connectivity index (χ4v) is 6.16. The molecule has 1 unspecified atom stereocenters. The lowest BCUT2D eigenvalue weighted by Crippen LogP contribution is -2.43. The number of amides is 1. The summed E-state index contributed by atoms with van der Waals surface area (Å²) < 4.78 is 0. The van der Waals surface area contributed by atoms with Crippen LogP contribution in [0.3, 0.4) is 0 Å². The summed E-state index contributed by atoms with van der Waals surface area (Å²) in [6, 6.07) is 28.1. The number of carbonyl (C=O) groups is 2. The Labute approximate surface area is 255 Å². The van der Waals surface area contributed by atoms with Crippen LogP contribution in [0.15, 0.2) is 91.0 Å². The minimum absolute atomic E-state index is 0.135. The van der Waals surface area contributed by atoms with Gasteiger partial charge in [-0.05, 0) is 60.6 Å². The predicted molar refractivity (Wildman–Crippen MR) is 169 cm³/mol. The van der Waals surface area contributed by atoms with Gasteiger partial charge in [-0.3, -0.25) is 4.79 Å². The van der Waals surface area contributed by atoms with Gasteiger partial charge in [0.05, 0.1) is 0 Å². The summed E-state index contributed by atoms with van der Waals surface area (Å²) in [5.74, 6) is 0.881. The number of carbonyl (C=O) groups excluding carboxylic acids is 1. The zero-order valence-electron chi connectivity index (χ0n) is 23.2. The van der Waals surface area contributed by atoms with E-state index in [9.17, 15) is 14.7 Å². The molecule has 42 heavy (non-hydrogen) atoms. The molecule has 0 saturated carbocycles. The smallest absolute Gasteiger partial charge is 0.327 e. The van der Waals surface area contributed by atoms with E-state index in [0.29, 0.717) is 28.3 Å². The number of rotatable bonds is 11. The third kappa shape index (κ3) is 8.11. The Morgan fingerprint density at radius 3 is 2.21 bits per heavy atom. The highest BCUT2D eigenvalue weighted by Gasteiger charge is 2.25. The van der Waals surface area contributed by atoms with Crippen LogP contribution >= 0.6 is 23.4 Å². The van der Waals surface area contributed by atoms with E-state index >= 15 is 0 Å². The van der Waals surface area contributed by atoms with Gasteiger partial charge in [0.2, 0.25) is 0 Å². The van der Waals surface area contributed by atoms with Crippen LogP contribution in [0.4, 0.5) is 5.82 Å². The number of aliphatic carboxylic acids is 1. The molecule has 1 saturated heterocycles. The quantitative estimate of drug-likeness (QED) is 0.206. The van der Waals surface area contributed by atoms with Crippen molar-refractivity contribution >= 4 is 41.1 Å². The van der Waals surface area contributed by atoms with Gasteiger partial charge in [0.15, 0.2) is 5.82 Å². The number of nitrogens with zero attached hydrogens (tertiary/aromatic N) is 3. The first kappa shape index (κ1) is 29.6. The number of aromatic nitrogens is 2. The monoisotopic (exact) mass is 600 g/mol. The molecule has 1 aliphatic heterocycles. The maximum Gasteiger partial charge on any atom is 0.327 e. The summed E-state index contributed by atoms with van der Waals surface area (Å²) >= 11 is 7.56. The number of thioether (sulfide) groups is 1. The molecule has 0 bridgehead atoms. The number of nitrogens with one attached hydrogen (secondary N) is 1. The summed E-state index contributed by atoms with van der Waals surface area (Å²) in [6.45, 7) is 1.62. The standard InChI is InChI=1S/C33H33ClN4O3S/c34-27-13-11-26(12-14-27)31-35-28(32(39)36-29(33(40)41)22-42-21-25-9-5-2-6-10-25)20-30(37-31)38-17-15-24(16-18-38)19-23-7-3-1-4-8-23/h1-14,20,24,29H,15-19,21-22H2,(H,36,39)(H,40,41). The van der Waals surface area contributed by atoms with Crippen molar-refractivity contribution in [3.05, 3.63) is 113 Å². The summed E-state index contributed by atoms with van der Waals surface area (Å²) in [5.41, 5.74) is 3.30. The highest BCUT2D eigenvalue weighted by Crippen LogP contribution is 2.27. The Balaban J connectivity index is 1.31. The van der Waals surface area contributed by atoms with E-state index in [4.69, 9.17) is 16.6 Å². The number of hydrogen-bond donors (Lipinski definition) is 2. The van der Waals surface area contributed by atoms with E-state index in [1.165, 1.54) is 17.3 Å². The van der Waals surface area contributed by atoms with Gasteiger partial charge in [-0.2, -0.15) is 11.8 Å². The lowest BCUT2D eigenvalue weighted by Gasteiger charge is -2.33. The van der Waals surface area contributed by atoms with E-state index in [1.54, 1.807) is 18.2 Å². The Kier molecular flexibility index (Phi) is 10.1. The molecule has 216 valence electrons. The van der Waals surface area contributed by atoms with Gasteiger partial charge < -0.3 is 15.3 Å². The Morgan fingerprint density at radius 1 is 0.929 bits per heavy atom. The number of carboxylic acid groups (broad SMARTS) is 1. The van der Waals surface area contributed by atoms with Crippen molar-refractivity contribution < 1.29 is 14.7 Å². The average Bonchev–Trinajstić information content (AvgIpc) is 3.02. The van der Waals surface area contributed by atoms with Gasteiger partial charge in [0.1, 0.15) is 17.6 Å². The molecule has 5 rings (SSSR count). The zero-order valence-corrected chi connectivity index (χ0v) is 24.7. The maximum absolute atomic E-state index is 13.4. The number of anilines is 1. The molecule has 3 aromatic carbocycles. The molecule has 0 spiro atoms. The molecule has 0 aliphatic carbocycles. The van der Waals surface area contributed by atoms with Gasteiger partial charge in [0, 0.05) is 41.2 Å². The molecule has 1 aliphatic rings. The largest absolute Gasteiger partial charge is 0.480 e. The first-order valence-corrected chi connectivity index (χ1v) is 15.6. The SMILES string of the molecule is O=C(NC(CSCc1ccccc1)C(=O)O)c1cc(N2CCC(Cc3ccccc3)CC2)nc(-c2ccc(Cl)cc2)n1. The van der Waals surface area contributed by atoms with E-state index in [-0.39, 0.29) is 11.4 Å². The van der Waals surface area contributed by atoms with Crippen LogP contribution in [-0.4, -0.2) is 51.8 Å². The maximum atomic E-state index is 13.4. The number of hydrogen-bond acceptors (Lipinski definition) is 6. The van der Waals surface area contributed by atoms with E-state index in [1.807, 2.05) is 48.5 Å². The van der Waals surface area contributed by atoms with Crippen LogP contribution in [0, 0.1) is 5.92 Å². The number of halogens is 1. The minimum Gasteiger partial charge on any atom is -0.480 e. The fourth-order valence-electron chi connectivity index (χ4n) is 5.03. The van der Waals surface area contributed by atoms with Crippen molar-refractivity contribution in [2.24, 2.45) is 5.92 Å². The number of benzene rings is 3. The van der Waals surface area contributed by atoms with E-state index in [2.05, 4.69) is 39.5 Å². The van der Waals surface area contributed by atoms with Crippen LogP contribution < -0.4 is 10.2 Å². The molecule has 1 amide bonds. The first-order valence-electron chi connectivity index (χ1n) is 14.0. The van der Waals surface area contributed by atoms with Crippen molar-refractivity contribution in [3.8, 4) is 11.4 Å².